The maximum Gasteiger partial charge on any atom is 0.258 e. The second kappa shape index (κ2) is 3.53. The van der Waals surface area contributed by atoms with E-state index in [4.69, 9.17) is 4.52 Å². The Morgan fingerprint density at radius 1 is 1.29 bits per heavy atom. The molecule has 0 bridgehead atoms. The summed E-state index contributed by atoms with van der Waals surface area (Å²) < 4.78 is 5.54. The van der Waals surface area contributed by atoms with Crippen LogP contribution in [0.3, 0.4) is 0 Å². The number of halogens is 1. The molecule has 72 valence electrons. The maximum absolute atomic E-state index is 5.06. The highest BCUT2D eigenvalue weighted by atomic mass is 79.9. The SMILES string of the molecule is Cc1ccc(-c2nc(Br)no2)c(C)c1. The number of hydrogen-bond acceptors (Lipinski definition) is 3. The predicted molar refractivity (Wildman–Crippen MR) is 56.9 cm³/mol. The zero-order chi connectivity index (χ0) is 10.1. The van der Waals surface area contributed by atoms with Gasteiger partial charge in [0.05, 0.1) is 0 Å². The van der Waals surface area contributed by atoms with Crippen LogP contribution in [0.4, 0.5) is 0 Å². The number of aryl methyl sites for hydroxylation is 2. The van der Waals surface area contributed by atoms with Crippen LogP contribution in [0.25, 0.3) is 11.5 Å². The minimum absolute atomic E-state index is 0.479. The number of rotatable bonds is 1. The van der Waals surface area contributed by atoms with E-state index in [1.165, 1.54) is 5.56 Å². The van der Waals surface area contributed by atoms with Gasteiger partial charge in [0.15, 0.2) is 0 Å². The van der Waals surface area contributed by atoms with Crippen LogP contribution >= 0.6 is 15.9 Å². The molecule has 2 aromatic rings. The van der Waals surface area contributed by atoms with Crippen LogP contribution < -0.4 is 0 Å². The van der Waals surface area contributed by atoms with Crippen molar-refractivity contribution in [2.45, 2.75) is 13.8 Å². The molecule has 0 unspecified atom stereocenters. The van der Waals surface area contributed by atoms with Gasteiger partial charge in [0, 0.05) is 5.56 Å². The van der Waals surface area contributed by atoms with Gasteiger partial charge in [-0.3, -0.25) is 0 Å². The molecule has 0 N–H and O–H groups in total. The number of benzene rings is 1. The van der Waals surface area contributed by atoms with Gasteiger partial charge < -0.3 is 4.52 Å². The van der Waals surface area contributed by atoms with E-state index in [0.717, 1.165) is 11.1 Å². The Morgan fingerprint density at radius 2 is 2.07 bits per heavy atom. The lowest BCUT2D eigenvalue weighted by Crippen LogP contribution is -1.84. The van der Waals surface area contributed by atoms with Gasteiger partial charge in [-0.25, -0.2) is 0 Å². The van der Waals surface area contributed by atoms with Crippen molar-refractivity contribution in [3.63, 3.8) is 0 Å². The van der Waals surface area contributed by atoms with Gasteiger partial charge in [-0.15, -0.1) is 0 Å². The highest BCUT2D eigenvalue weighted by Gasteiger charge is 2.09. The van der Waals surface area contributed by atoms with Crippen LogP contribution in [0.5, 0.6) is 0 Å². The van der Waals surface area contributed by atoms with E-state index in [0.29, 0.717) is 10.6 Å². The zero-order valence-corrected chi connectivity index (χ0v) is 9.50. The van der Waals surface area contributed by atoms with Crippen molar-refractivity contribution in [2.75, 3.05) is 0 Å². The van der Waals surface area contributed by atoms with Crippen molar-refractivity contribution in [1.29, 1.82) is 0 Å². The third-order valence-corrected chi connectivity index (χ3v) is 2.34. The fraction of sp³-hybridized carbons (Fsp3) is 0.200. The average Bonchev–Trinajstić information content (AvgIpc) is 2.51. The topological polar surface area (TPSA) is 38.9 Å². The van der Waals surface area contributed by atoms with Crippen molar-refractivity contribution in [3.8, 4) is 11.5 Å². The average molecular weight is 253 g/mol. The molecule has 0 saturated heterocycles. The molecule has 4 heteroatoms. The van der Waals surface area contributed by atoms with Crippen molar-refractivity contribution in [2.24, 2.45) is 0 Å². The van der Waals surface area contributed by atoms with Crippen LogP contribution in [0.1, 0.15) is 11.1 Å². The molecule has 0 fully saturated rings. The fourth-order valence-corrected chi connectivity index (χ4v) is 1.60. The highest BCUT2D eigenvalue weighted by Crippen LogP contribution is 2.23. The summed E-state index contributed by atoms with van der Waals surface area (Å²) >= 11 is 3.15. The quantitative estimate of drug-likeness (QED) is 0.783. The number of nitrogens with zero attached hydrogens (tertiary/aromatic N) is 2. The molecule has 0 atom stereocenters. The third kappa shape index (κ3) is 1.70. The van der Waals surface area contributed by atoms with Gasteiger partial charge in [-0.1, -0.05) is 17.7 Å². The third-order valence-electron chi connectivity index (χ3n) is 2.01. The summed E-state index contributed by atoms with van der Waals surface area (Å²) in [4.78, 5) is 4.11. The van der Waals surface area contributed by atoms with Crippen molar-refractivity contribution < 1.29 is 4.52 Å². The summed E-state index contributed by atoms with van der Waals surface area (Å²) in [7, 11) is 0. The van der Waals surface area contributed by atoms with Gasteiger partial charge >= 0.3 is 0 Å². The monoisotopic (exact) mass is 252 g/mol. The van der Waals surface area contributed by atoms with E-state index < -0.39 is 0 Å². The molecule has 0 saturated carbocycles. The van der Waals surface area contributed by atoms with E-state index in [9.17, 15) is 0 Å². The molecule has 2 rings (SSSR count). The van der Waals surface area contributed by atoms with E-state index >= 15 is 0 Å². The van der Waals surface area contributed by atoms with Gasteiger partial charge in [-0.2, -0.15) is 4.98 Å². The smallest absolute Gasteiger partial charge is 0.258 e. The Morgan fingerprint density at radius 3 is 2.64 bits per heavy atom. The van der Waals surface area contributed by atoms with Gasteiger partial charge in [0.1, 0.15) is 0 Å². The molecule has 14 heavy (non-hydrogen) atoms. The van der Waals surface area contributed by atoms with Crippen LogP contribution in [0, 0.1) is 13.8 Å². The lowest BCUT2D eigenvalue weighted by atomic mass is 10.1. The molecule has 0 aliphatic heterocycles. The summed E-state index contributed by atoms with van der Waals surface area (Å²) in [5.41, 5.74) is 3.35. The molecule has 0 amide bonds. The summed E-state index contributed by atoms with van der Waals surface area (Å²) in [5.74, 6) is 0.550. The number of hydrogen-bond donors (Lipinski definition) is 0. The molecule has 1 heterocycles. The largest absolute Gasteiger partial charge is 0.333 e. The second-order valence-electron chi connectivity index (χ2n) is 3.19. The van der Waals surface area contributed by atoms with Crippen molar-refractivity contribution in [1.82, 2.24) is 10.1 Å². The van der Waals surface area contributed by atoms with Crippen molar-refractivity contribution in [3.05, 3.63) is 34.1 Å². The summed E-state index contributed by atoms with van der Waals surface area (Å²) in [6.45, 7) is 4.08. The Balaban J connectivity index is 2.52. The molecule has 0 aliphatic carbocycles. The highest BCUT2D eigenvalue weighted by molar-refractivity contribution is 9.10. The van der Waals surface area contributed by atoms with E-state index in [1.54, 1.807) is 0 Å². The van der Waals surface area contributed by atoms with Gasteiger partial charge in [0.2, 0.25) is 4.73 Å². The summed E-state index contributed by atoms with van der Waals surface area (Å²) in [6.07, 6.45) is 0. The van der Waals surface area contributed by atoms with Gasteiger partial charge in [0.25, 0.3) is 5.89 Å². The Hall–Kier alpha value is -1.16. The second-order valence-corrected chi connectivity index (χ2v) is 3.90. The number of aromatic nitrogens is 2. The van der Waals surface area contributed by atoms with E-state index in [2.05, 4.69) is 39.1 Å². The van der Waals surface area contributed by atoms with Crippen LogP contribution in [0.2, 0.25) is 0 Å². The predicted octanol–water partition coefficient (Wildman–Crippen LogP) is 3.12. The first-order valence-corrected chi connectivity index (χ1v) is 5.03. The minimum Gasteiger partial charge on any atom is -0.333 e. The lowest BCUT2D eigenvalue weighted by molar-refractivity contribution is 0.426. The lowest BCUT2D eigenvalue weighted by Gasteiger charge is -2.00. The van der Waals surface area contributed by atoms with Gasteiger partial charge in [-0.05, 0) is 46.6 Å². The Bertz CT molecular complexity index is 465. The molecule has 3 nitrogen and oxygen atoms in total. The Labute approximate surface area is 90.3 Å². The van der Waals surface area contributed by atoms with Crippen LogP contribution in [-0.2, 0) is 0 Å². The minimum atomic E-state index is 0.479. The maximum atomic E-state index is 5.06. The first-order valence-electron chi connectivity index (χ1n) is 4.23. The van der Waals surface area contributed by atoms with Crippen LogP contribution in [0.15, 0.2) is 27.5 Å². The van der Waals surface area contributed by atoms with Crippen molar-refractivity contribution >= 4 is 15.9 Å². The molecule has 0 spiro atoms. The zero-order valence-electron chi connectivity index (χ0n) is 7.91. The normalized spacial score (nSPS) is 10.5. The molecule has 0 aliphatic rings. The molecule has 1 aromatic carbocycles. The fourth-order valence-electron chi connectivity index (χ4n) is 1.37. The molecular weight excluding hydrogens is 244 g/mol. The van der Waals surface area contributed by atoms with E-state index in [1.807, 2.05) is 19.1 Å². The van der Waals surface area contributed by atoms with Crippen LogP contribution in [-0.4, -0.2) is 10.1 Å². The molecule has 1 aromatic heterocycles. The summed E-state index contributed by atoms with van der Waals surface area (Å²) in [6, 6.07) is 6.11. The van der Waals surface area contributed by atoms with E-state index in [-0.39, 0.29) is 0 Å². The standard InChI is InChI=1S/C10H9BrN2O/c1-6-3-4-8(7(2)5-6)9-12-10(11)13-14-9/h3-5H,1-2H3. The first kappa shape index (κ1) is 9.40. The molecule has 0 radical (unpaired) electrons. The Kier molecular flexibility index (Phi) is 2.37. The first-order chi connectivity index (χ1) is 6.66. The molecular formula is C10H9BrN2O. The summed E-state index contributed by atoms with van der Waals surface area (Å²) in [5, 5.41) is 3.69.